The van der Waals surface area contributed by atoms with E-state index in [1.807, 2.05) is 61.5 Å². The summed E-state index contributed by atoms with van der Waals surface area (Å²) in [6.45, 7) is 2.85. The number of carbonyl (C=O) groups excluding carboxylic acids is 1. The topological polar surface area (TPSA) is 70.8 Å². The summed E-state index contributed by atoms with van der Waals surface area (Å²) in [6.07, 6.45) is 3.03. The van der Waals surface area contributed by atoms with Gasteiger partial charge in [-0.05, 0) is 60.9 Å². The summed E-state index contributed by atoms with van der Waals surface area (Å²) in [5, 5.41) is 0. The maximum Gasteiger partial charge on any atom is 0.296 e. The standard InChI is InChI=1S/C29H27NO5/c1-21-27(30-28(34-21)24-10-8-23(9-11-24)22-6-3-2-4-7-22)16-19-32-25-12-14-26(15-13-25)35-29(33-20-31)17-5-18-29/h2-4,6-15,20H,5,16-19H2,1H3. The van der Waals surface area contributed by atoms with E-state index < -0.39 is 5.79 Å². The summed E-state index contributed by atoms with van der Waals surface area (Å²) < 4.78 is 22.8. The van der Waals surface area contributed by atoms with Crippen LogP contribution in [0.25, 0.3) is 22.6 Å². The highest BCUT2D eigenvalue weighted by Gasteiger charge is 2.41. The Bertz CT molecular complexity index is 1260. The highest BCUT2D eigenvalue weighted by molar-refractivity contribution is 5.67. The second-order valence-electron chi connectivity index (χ2n) is 8.62. The normalized spacial score (nSPS) is 14.1. The predicted octanol–water partition coefficient (Wildman–Crippen LogP) is 6.37. The van der Waals surface area contributed by atoms with E-state index in [1.165, 1.54) is 5.56 Å². The minimum atomic E-state index is -0.811. The fraction of sp³-hybridized carbons (Fsp3) is 0.241. The van der Waals surface area contributed by atoms with Gasteiger partial charge in [0, 0.05) is 24.8 Å². The first-order valence-electron chi connectivity index (χ1n) is 11.8. The van der Waals surface area contributed by atoms with Crippen LogP contribution in [0.4, 0.5) is 0 Å². The number of benzene rings is 3. The van der Waals surface area contributed by atoms with Crippen molar-refractivity contribution in [2.45, 2.75) is 38.4 Å². The SMILES string of the molecule is Cc1oc(-c2ccc(-c3ccccc3)cc2)nc1CCOc1ccc(OC2(OC=O)CCC2)cc1. The van der Waals surface area contributed by atoms with Crippen molar-refractivity contribution in [2.24, 2.45) is 0 Å². The molecule has 5 rings (SSSR count). The van der Waals surface area contributed by atoms with Crippen molar-refractivity contribution in [1.29, 1.82) is 0 Å². The van der Waals surface area contributed by atoms with Crippen LogP contribution in [0, 0.1) is 6.92 Å². The first kappa shape index (κ1) is 22.7. The van der Waals surface area contributed by atoms with E-state index in [-0.39, 0.29) is 0 Å². The van der Waals surface area contributed by atoms with Crippen molar-refractivity contribution in [3.63, 3.8) is 0 Å². The quantitative estimate of drug-likeness (QED) is 0.199. The van der Waals surface area contributed by atoms with Crippen molar-refractivity contribution < 1.29 is 23.4 Å². The lowest BCUT2D eigenvalue weighted by molar-refractivity contribution is -0.213. The molecule has 0 radical (unpaired) electrons. The highest BCUT2D eigenvalue weighted by atomic mass is 16.7. The molecular weight excluding hydrogens is 442 g/mol. The lowest BCUT2D eigenvalue weighted by Gasteiger charge is -2.39. The Morgan fingerprint density at radius 2 is 1.54 bits per heavy atom. The Labute approximate surface area is 204 Å². The molecule has 1 aliphatic carbocycles. The fourth-order valence-electron chi connectivity index (χ4n) is 4.10. The van der Waals surface area contributed by atoms with Crippen LogP contribution in [-0.4, -0.2) is 23.9 Å². The maximum absolute atomic E-state index is 10.7. The number of oxazole rings is 1. The van der Waals surface area contributed by atoms with Crippen LogP contribution in [-0.2, 0) is 16.0 Å². The summed E-state index contributed by atoms with van der Waals surface area (Å²) in [4.78, 5) is 15.4. The number of hydrogen-bond donors (Lipinski definition) is 0. The molecule has 6 nitrogen and oxygen atoms in total. The molecule has 4 aromatic rings. The van der Waals surface area contributed by atoms with E-state index in [1.54, 1.807) is 0 Å². The number of aryl methyl sites for hydroxylation is 1. The van der Waals surface area contributed by atoms with Gasteiger partial charge in [-0.15, -0.1) is 0 Å². The minimum Gasteiger partial charge on any atom is -0.493 e. The zero-order chi connectivity index (χ0) is 24.1. The molecule has 3 aromatic carbocycles. The van der Waals surface area contributed by atoms with Gasteiger partial charge in [0.15, 0.2) is 0 Å². The molecule has 0 saturated heterocycles. The fourth-order valence-corrected chi connectivity index (χ4v) is 4.10. The van der Waals surface area contributed by atoms with Crippen LogP contribution in [0.2, 0.25) is 0 Å². The van der Waals surface area contributed by atoms with E-state index >= 15 is 0 Å². The molecule has 1 aromatic heterocycles. The summed E-state index contributed by atoms with van der Waals surface area (Å²) in [6, 6.07) is 25.8. The molecule has 0 spiro atoms. The summed E-state index contributed by atoms with van der Waals surface area (Å²) in [7, 11) is 0. The maximum atomic E-state index is 10.7. The van der Waals surface area contributed by atoms with Gasteiger partial charge in [-0.2, -0.15) is 0 Å². The lowest BCUT2D eigenvalue weighted by Crippen LogP contribution is -2.45. The van der Waals surface area contributed by atoms with Gasteiger partial charge < -0.3 is 18.6 Å². The summed E-state index contributed by atoms with van der Waals surface area (Å²) >= 11 is 0. The largest absolute Gasteiger partial charge is 0.493 e. The number of hydrogen-bond acceptors (Lipinski definition) is 6. The van der Waals surface area contributed by atoms with Gasteiger partial charge in [0.25, 0.3) is 12.3 Å². The molecular formula is C29H27NO5. The molecule has 0 bridgehead atoms. The number of nitrogens with zero attached hydrogens (tertiary/aromatic N) is 1. The Morgan fingerprint density at radius 3 is 2.20 bits per heavy atom. The van der Waals surface area contributed by atoms with Crippen LogP contribution in [0.1, 0.15) is 30.7 Å². The van der Waals surface area contributed by atoms with E-state index in [4.69, 9.17) is 23.6 Å². The van der Waals surface area contributed by atoms with E-state index in [2.05, 4.69) is 24.3 Å². The lowest BCUT2D eigenvalue weighted by atomic mass is 9.91. The van der Waals surface area contributed by atoms with Crippen LogP contribution < -0.4 is 9.47 Å². The Kier molecular flexibility index (Phi) is 6.53. The average Bonchev–Trinajstić information content (AvgIpc) is 3.25. The number of rotatable bonds is 10. The number of carbonyl (C=O) groups is 1. The van der Waals surface area contributed by atoms with Crippen LogP contribution in [0.3, 0.4) is 0 Å². The van der Waals surface area contributed by atoms with Crippen LogP contribution in [0.15, 0.2) is 83.3 Å². The van der Waals surface area contributed by atoms with Crippen molar-refractivity contribution in [3.05, 3.63) is 90.3 Å². The molecule has 1 heterocycles. The van der Waals surface area contributed by atoms with Gasteiger partial charge >= 0.3 is 0 Å². The third-order valence-electron chi connectivity index (χ3n) is 6.25. The molecule has 0 unspecified atom stereocenters. The highest BCUT2D eigenvalue weighted by Crippen LogP contribution is 2.37. The van der Waals surface area contributed by atoms with Gasteiger partial charge in [-0.1, -0.05) is 42.5 Å². The van der Waals surface area contributed by atoms with E-state index in [0.717, 1.165) is 34.8 Å². The van der Waals surface area contributed by atoms with Crippen molar-refractivity contribution in [3.8, 4) is 34.1 Å². The van der Waals surface area contributed by atoms with Crippen LogP contribution in [0.5, 0.6) is 11.5 Å². The van der Waals surface area contributed by atoms with Crippen molar-refractivity contribution in [2.75, 3.05) is 6.61 Å². The molecule has 0 atom stereocenters. The second kappa shape index (κ2) is 10.1. The zero-order valence-electron chi connectivity index (χ0n) is 19.6. The van der Waals surface area contributed by atoms with Gasteiger partial charge in [-0.25, -0.2) is 4.98 Å². The minimum absolute atomic E-state index is 0.452. The molecule has 1 saturated carbocycles. The molecule has 35 heavy (non-hydrogen) atoms. The Hall–Kier alpha value is -4.06. The average molecular weight is 470 g/mol. The molecule has 6 heteroatoms. The zero-order valence-corrected chi connectivity index (χ0v) is 19.6. The van der Waals surface area contributed by atoms with E-state index in [9.17, 15) is 4.79 Å². The first-order valence-corrected chi connectivity index (χ1v) is 11.8. The number of ether oxygens (including phenoxy) is 3. The third-order valence-corrected chi connectivity index (χ3v) is 6.25. The van der Waals surface area contributed by atoms with Gasteiger partial charge in [0.2, 0.25) is 5.89 Å². The molecule has 1 fully saturated rings. The van der Waals surface area contributed by atoms with Gasteiger partial charge in [0.05, 0.1) is 12.3 Å². The summed E-state index contributed by atoms with van der Waals surface area (Å²) in [5.41, 5.74) is 4.15. The Morgan fingerprint density at radius 1 is 0.886 bits per heavy atom. The first-order chi connectivity index (χ1) is 17.1. The predicted molar refractivity (Wildman–Crippen MR) is 132 cm³/mol. The van der Waals surface area contributed by atoms with Crippen molar-refractivity contribution in [1.82, 2.24) is 4.98 Å². The van der Waals surface area contributed by atoms with E-state index in [0.29, 0.717) is 44.0 Å². The van der Waals surface area contributed by atoms with Gasteiger partial charge in [-0.3, -0.25) is 4.79 Å². The molecule has 1 aliphatic rings. The molecule has 0 aliphatic heterocycles. The molecule has 0 N–H and O–H groups in total. The monoisotopic (exact) mass is 469 g/mol. The number of aromatic nitrogens is 1. The molecule has 178 valence electrons. The van der Waals surface area contributed by atoms with Crippen molar-refractivity contribution >= 4 is 6.47 Å². The second-order valence-corrected chi connectivity index (χ2v) is 8.62. The molecule has 0 amide bonds. The third kappa shape index (κ3) is 5.22. The summed E-state index contributed by atoms with van der Waals surface area (Å²) in [5.74, 6) is 1.97. The van der Waals surface area contributed by atoms with Crippen LogP contribution >= 0.6 is 0 Å². The Balaban J connectivity index is 1.16. The van der Waals surface area contributed by atoms with Gasteiger partial charge in [0.1, 0.15) is 17.3 Å². The smallest absolute Gasteiger partial charge is 0.296 e.